The van der Waals surface area contributed by atoms with Crippen LogP contribution in [0.5, 0.6) is 0 Å². The van der Waals surface area contributed by atoms with Gasteiger partial charge in [-0.05, 0) is 28.1 Å². The first-order valence-corrected chi connectivity index (χ1v) is 5.99. The van der Waals surface area contributed by atoms with Crippen molar-refractivity contribution in [3.05, 3.63) is 45.7 Å². The molecule has 16 heavy (non-hydrogen) atoms. The van der Waals surface area contributed by atoms with Gasteiger partial charge in [0.2, 0.25) is 0 Å². The van der Waals surface area contributed by atoms with Gasteiger partial charge in [0, 0.05) is 17.1 Å². The molecule has 0 spiro atoms. The summed E-state index contributed by atoms with van der Waals surface area (Å²) in [6.45, 7) is -0.105. The third-order valence-electron chi connectivity index (χ3n) is 2.29. The predicted octanol–water partition coefficient (Wildman–Crippen LogP) is 3.83. The normalized spacial score (nSPS) is 19.6. The number of ether oxygens (including phenoxy) is 1. The van der Waals surface area contributed by atoms with Crippen LogP contribution >= 0.6 is 27.5 Å². The molecule has 1 aromatic rings. The van der Waals surface area contributed by atoms with Gasteiger partial charge in [-0.15, -0.1) is 0 Å². The molecule has 0 bridgehead atoms. The molecule has 1 aliphatic heterocycles. The van der Waals surface area contributed by atoms with Gasteiger partial charge in [-0.3, -0.25) is 0 Å². The van der Waals surface area contributed by atoms with Gasteiger partial charge >= 0.3 is 0 Å². The van der Waals surface area contributed by atoms with Gasteiger partial charge in [-0.2, -0.15) is 0 Å². The second-order valence-corrected chi connectivity index (χ2v) is 4.60. The topological polar surface area (TPSA) is 12.5 Å². The van der Waals surface area contributed by atoms with E-state index in [1.165, 1.54) is 0 Å². The predicted molar refractivity (Wildman–Crippen MR) is 65.0 cm³/mol. The van der Waals surface area contributed by atoms with Crippen LogP contribution in [-0.2, 0) is 4.74 Å². The number of alkyl halides is 1. The Hall–Kier alpha value is -0.740. The lowest BCUT2D eigenvalue weighted by Crippen LogP contribution is -2.22. The minimum atomic E-state index is -0.412. The maximum atomic E-state index is 12.4. The molecule has 0 saturated heterocycles. The number of nitrogens with zero attached hydrogens (tertiary/aromatic N) is 1. The molecule has 0 aliphatic carbocycles. The fourth-order valence-corrected chi connectivity index (χ4v) is 2.14. The molecule has 2 nitrogen and oxygen atoms in total. The first-order valence-electron chi connectivity index (χ1n) is 4.82. The van der Waals surface area contributed by atoms with Gasteiger partial charge in [-0.1, -0.05) is 23.7 Å². The monoisotopic (exact) mass is 305 g/mol. The lowest BCUT2D eigenvalue weighted by Gasteiger charge is -2.23. The molecule has 0 aromatic heterocycles. The molecule has 86 valence electrons. The summed E-state index contributed by atoms with van der Waals surface area (Å²) in [5.74, 6) is 0. The van der Waals surface area contributed by atoms with Crippen molar-refractivity contribution in [2.75, 3.05) is 13.2 Å². The van der Waals surface area contributed by atoms with Crippen LogP contribution in [-0.4, -0.2) is 18.1 Å². The number of hydrogen-bond acceptors (Lipinski definition) is 2. The first kappa shape index (κ1) is 11.7. The number of benzene rings is 1. The Balaban J connectivity index is 2.17. The van der Waals surface area contributed by atoms with Gasteiger partial charge in [0.15, 0.2) is 10.9 Å². The van der Waals surface area contributed by atoms with E-state index in [9.17, 15) is 4.39 Å². The Labute approximate surface area is 107 Å². The van der Waals surface area contributed by atoms with Crippen LogP contribution in [0.25, 0.3) is 0 Å². The van der Waals surface area contributed by atoms with E-state index >= 15 is 0 Å². The molecule has 0 radical (unpaired) electrons. The molecular weight excluding hydrogens is 296 g/mol. The maximum Gasteiger partial charge on any atom is 0.199 e. The van der Waals surface area contributed by atoms with Crippen LogP contribution < -0.4 is 0 Å². The molecule has 1 unspecified atom stereocenters. The lowest BCUT2D eigenvalue weighted by molar-refractivity contribution is 0.0503. The van der Waals surface area contributed by atoms with Crippen molar-refractivity contribution in [2.45, 2.75) is 6.23 Å². The summed E-state index contributed by atoms with van der Waals surface area (Å²) in [5, 5.41) is 0.672. The highest BCUT2D eigenvalue weighted by Crippen LogP contribution is 2.34. The second kappa shape index (κ2) is 5.06. The zero-order chi connectivity index (χ0) is 11.5. The molecule has 2 rings (SSSR count). The van der Waals surface area contributed by atoms with E-state index in [1.807, 2.05) is 12.1 Å². The van der Waals surface area contributed by atoms with Crippen molar-refractivity contribution in [3.8, 4) is 0 Å². The van der Waals surface area contributed by atoms with E-state index in [1.54, 1.807) is 23.2 Å². The van der Waals surface area contributed by atoms with Gasteiger partial charge in [-0.25, -0.2) is 4.39 Å². The largest absolute Gasteiger partial charge is 0.458 e. The fraction of sp³-hybridized carbons (Fsp3) is 0.273. The zero-order valence-electron chi connectivity index (χ0n) is 8.37. The molecule has 1 atom stereocenters. The Morgan fingerprint density at radius 1 is 1.38 bits per heavy atom. The molecule has 0 amide bonds. The summed E-state index contributed by atoms with van der Waals surface area (Å²) in [7, 11) is 0. The quantitative estimate of drug-likeness (QED) is 0.841. The Kier molecular flexibility index (Phi) is 3.71. The van der Waals surface area contributed by atoms with E-state index < -0.39 is 6.67 Å². The van der Waals surface area contributed by atoms with Crippen molar-refractivity contribution in [2.24, 2.45) is 0 Å². The van der Waals surface area contributed by atoms with Crippen molar-refractivity contribution >= 4 is 27.5 Å². The molecule has 5 heteroatoms. The lowest BCUT2D eigenvalue weighted by atomic mass is 10.2. The fourth-order valence-electron chi connectivity index (χ4n) is 1.57. The third-order valence-corrected chi connectivity index (χ3v) is 2.93. The highest BCUT2D eigenvalue weighted by atomic mass is 79.9. The second-order valence-electron chi connectivity index (χ2n) is 3.38. The van der Waals surface area contributed by atoms with Crippen molar-refractivity contribution in [1.29, 1.82) is 0 Å². The Bertz CT molecular complexity index is 395. The average Bonchev–Trinajstić information content (AvgIpc) is 2.61. The highest BCUT2D eigenvalue weighted by molar-refractivity contribution is 9.11. The van der Waals surface area contributed by atoms with Crippen LogP contribution in [0.2, 0.25) is 5.02 Å². The summed E-state index contributed by atoms with van der Waals surface area (Å²) < 4.78 is 18.5. The van der Waals surface area contributed by atoms with Crippen molar-refractivity contribution < 1.29 is 9.13 Å². The van der Waals surface area contributed by atoms with E-state index in [0.717, 1.165) is 5.56 Å². The van der Waals surface area contributed by atoms with E-state index in [0.29, 0.717) is 16.2 Å². The minimum Gasteiger partial charge on any atom is -0.458 e. The van der Waals surface area contributed by atoms with Gasteiger partial charge in [0.1, 0.15) is 6.67 Å². The van der Waals surface area contributed by atoms with E-state index in [2.05, 4.69) is 15.9 Å². The maximum absolute atomic E-state index is 12.4. The Morgan fingerprint density at radius 3 is 2.69 bits per heavy atom. The number of halogens is 3. The first-order chi connectivity index (χ1) is 7.70. The van der Waals surface area contributed by atoms with Crippen LogP contribution in [0.4, 0.5) is 4.39 Å². The van der Waals surface area contributed by atoms with Gasteiger partial charge in [0.05, 0.1) is 6.20 Å². The molecule has 0 saturated carbocycles. The van der Waals surface area contributed by atoms with Crippen molar-refractivity contribution in [1.82, 2.24) is 4.90 Å². The summed E-state index contributed by atoms with van der Waals surface area (Å²) in [6.07, 6.45) is 1.47. The third kappa shape index (κ3) is 2.50. The number of hydrogen-bond donors (Lipinski definition) is 0. The molecule has 1 aliphatic rings. The average molecular weight is 307 g/mol. The van der Waals surface area contributed by atoms with E-state index in [4.69, 9.17) is 16.3 Å². The van der Waals surface area contributed by atoms with Gasteiger partial charge < -0.3 is 9.64 Å². The zero-order valence-corrected chi connectivity index (χ0v) is 10.7. The minimum absolute atomic E-state index is 0.276. The van der Waals surface area contributed by atoms with Crippen molar-refractivity contribution in [3.63, 3.8) is 0 Å². The summed E-state index contributed by atoms with van der Waals surface area (Å²) in [4.78, 5) is 1.80. The van der Waals surface area contributed by atoms with E-state index in [-0.39, 0.29) is 6.23 Å². The Morgan fingerprint density at radius 2 is 2.06 bits per heavy atom. The molecule has 0 N–H and O–H groups in total. The SMILES string of the molecule is FCCN1C=C(Br)OC1c1ccc(Cl)cc1. The standard InChI is InChI=1S/C11H10BrClFNO/c12-10-7-15(6-5-14)11(16-10)8-1-3-9(13)4-2-8/h1-4,7,11H,5-6H2. The molecule has 0 fully saturated rings. The molecule has 1 heterocycles. The summed E-state index contributed by atoms with van der Waals surface area (Å²) in [6, 6.07) is 7.33. The van der Waals surface area contributed by atoms with Crippen LogP contribution in [0.3, 0.4) is 0 Å². The molecular formula is C11H10BrClFNO. The van der Waals surface area contributed by atoms with Gasteiger partial charge in [0.25, 0.3) is 0 Å². The molecule has 1 aromatic carbocycles. The number of rotatable bonds is 3. The van der Waals surface area contributed by atoms with Crippen LogP contribution in [0.15, 0.2) is 35.1 Å². The van der Waals surface area contributed by atoms with Crippen LogP contribution in [0, 0.1) is 0 Å². The smallest absolute Gasteiger partial charge is 0.199 e. The van der Waals surface area contributed by atoms with Crippen LogP contribution in [0.1, 0.15) is 11.8 Å². The summed E-state index contributed by atoms with van der Waals surface area (Å²) >= 11 is 9.06. The highest BCUT2D eigenvalue weighted by Gasteiger charge is 2.25. The summed E-state index contributed by atoms with van der Waals surface area (Å²) in [5.41, 5.74) is 0.948.